The minimum Gasteiger partial charge on any atom is -0.540 e. The zero-order chi connectivity index (χ0) is 11.6. The SMILES string of the molecule is C[Si](C)(C)Oc1cccc(Br)c1[N+](=O)[O-]. The first kappa shape index (κ1) is 12.2. The van der Waals surface area contributed by atoms with Gasteiger partial charge in [0.1, 0.15) is 0 Å². The van der Waals surface area contributed by atoms with Crippen molar-refractivity contribution in [3.63, 3.8) is 0 Å². The summed E-state index contributed by atoms with van der Waals surface area (Å²) in [4.78, 5) is 10.4. The maximum Gasteiger partial charge on any atom is 0.323 e. The van der Waals surface area contributed by atoms with Crippen molar-refractivity contribution < 1.29 is 9.35 Å². The molecule has 0 aliphatic carbocycles. The third-order valence-electron chi connectivity index (χ3n) is 1.55. The Bertz CT molecular complexity index is 389. The Balaban J connectivity index is 3.18. The first-order valence-electron chi connectivity index (χ1n) is 4.43. The zero-order valence-corrected chi connectivity index (χ0v) is 11.4. The number of rotatable bonds is 3. The average molecular weight is 290 g/mol. The summed E-state index contributed by atoms with van der Waals surface area (Å²) in [5, 5.41) is 10.8. The largest absolute Gasteiger partial charge is 0.540 e. The minimum absolute atomic E-state index is 0.0000694. The van der Waals surface area contributed by atoms with E-state index in [-0.39, 0.29) is 5.69 Å². The molecular weight excluding hydrogens is 278 g/mol. The molecule has 1 rings (SSSR count). The van der Waals surface area contributed by atoms with E-state index >= 15 is 0 Å². The summed E-state index contributed by atoms with van der Waals surface area (Å²) < 4.78 is 6.09. The van der Waals surface area contributed by atoms with Crippen LogP contribution in [0.15, 0.2) is 22.7 Å². The summed E-state index contributed by atoms with van der Waals surface area (Å²) >= 11 is 3.15. The van der Waals surface area contributed by atoms with Crippen LogP contribution in [-0.4, -0.2) is 13.2 Å². The summed E-state index contributed by atoms with van der Waals surface area (Å²) in [7, 11) is -1.82. The van der Waals surface area contributed by atoms with E-state index in [9.17, 15) is 10.1 Å². The molecule has 82 valence electrons. The standard InChI is InChI=1S/C9H12BrNO3Si/c1-15(2,3)14-8-6-4-5-7(10)9(8)11(12)13/h4-6H,1-3H3. The highest BCUT2D eigenvalue weighted by Crippen LogP contribution is 2.35. The Morgan fingerprint density at radius 3 is 2.47 bits per heavy atom. The van der Waals surface area contributed by atoms with Gasteiger partial charge in [-0.15, -0.1) is 0 Å². The van der Waals surface area contributed by atoms with Crippen LogP contribution in [0.4, 0.5) is 5.69 Å². The van der Waals surface area contributed by atoms with E-state index in [4.69, 9.17) is 4.43 Å². The van der Waals surface area contributed by atoms with Crippen LogP contribution in [0.1, 0.15) is 0 Å². The predicted molar refractivity (Wildman–Crippen MR) is 64.8 cm³/mol. The fraction of sp³-hybridized carbons (Fsp3) is 0.333. The molecule has 0 aliphatic heterocycles. The highest BCUT2D eigenvalue weighted by Gasteiger charge is 2.24. The van der Waals surface area contributed by atoms with E-state index in [1.807, 2.05) is 19.6 Å². The van der Waals surface area contributed by atoms with Crippen LogP contribution in [0.25, 0.3) is 0 Å². The smallest absolute Gasteiger partial charge is 0.323 e. The van der Waals surface area contributed by atoms with Gasteiger partial charge in [-0.1, -0.05) is 6.07 Å². The molecule has 0 bridgehead atoms. The number of nitrogens with zero attached hydrogens (tertiary/aromatic N) is 1. The fourth-order valence-corrected chi connectivity index (χ4v) is 2.40. The van der Waals surface area contributed by atoms with E-state index in [0.717, 1.165) is 0 Å². The van der Waals surface area contributed by atoms with Crippen LogP contribution in [0.5, 0.6) is 5.75 Å². The van der Waals surface area contributed by atoms with Crippen LogP contribution >= 0.6 is 15.9 Å². The number of hydrogen-bond donors (Lipinski definition) is 0. The lowest BCUT2D eigenvalue weighted by molar-refractivity contribution is -0.386. The van der Waals surface area contributed by atoms with E-state index < -0.39 is 13.2 Å². The monoisotopic (exact) mass is 289 g/mol. The van der Waals surface area contributed by atoms with Gasteiger partial charge in [-0.3, -0.25) is 10.1 Å². The van der Waals surface area contributed by atoms with Crippen molar-refractivity contribution in [1.82, 2.24) is 0 Å². The van der Waals surface area contributed by atoms with Crippen molar-refractivity contribution in [3.8, 4) is 5.75 Å². The van der Waals surface area contributed by atoms with Crippen LogP contribution in [0, 0.1) is 10.1 Å². The highest BCUT2D eigenvalue weighted by atomic mass is 79.9. The van der Waals surface area contributed by atoms with Crippen molar-refractivity contribution in [2.45, 2.75) is 19.6 Å². The third kappa shape index (κ3) is 3.31. The Morgan fingerprint density at radius 1 is 1.40 bits per heavy atom. The van der Waals surface area contributed by atoms with Gasteiger partial charge in [0.25, 0.3) is 0 Å². The van der Waals surface area contributed by atoms with E-state index in [0.29, 0.717) is 10.2 Å². The van der Waals surface area contributed by atoms with Crippen LogP contribution in [0.2, 0.25) is 19.6 Å². The normalized spacial score (nSPS) is 11.2. The van der Waals surface area contributed by atoms with Crippen LogP contribution in [-0.2, 0) is 0 Å². The number of nitro benzene ring substituents is 1. The summed E-state index contributed by atoms with van der Waals surface area (Å²) in [5.41, 5.74) is -0.0000694. The van der Waals surface area contributed by atoms with Crippen LogP contribution < -0.4 is 4.43 Å². The molecule has 1 aromatic carbocycles. The first-order valence-corrected chi connectivity index (χ1v) is 8.63. The summed E-state index contributed by atoms with van der Waals surface area (Å²) in [6.45, 7) is 5.95. The summed E-state index contributed by atoms with van der Waals surface area (Å²) in [6.07, 6.45) is 0. The molecule has 0 aliphatic rings. The van der Waals surface area contributed by atoms with Crippen molar-refractivity contribution in [3.05, 3.63) is 32.8 Å². The molecule has 0 N–H and O–H groups in total. The van der Waals surface area contributed by atoms with Gasteiger partial charge >= 0.3 is 5.69 Å². The molecule has 0 saturated heterocycles. The second-order valence-electron chi connectivity index (χ2n) is 4.06. The molecule has 0 atom stereocenters. The number of halogens is 1. The molecule has 0 saturated carbocycles. The number of benzene rings is 1. The van der Waals surface area contributed by atoms with Crippen molar-refractivity contribution >= 4 is 29.9 Å². The summed E-state index contributed by atoms with van der Waals surface area (Å²) in [6, 6.07) is 4.99. The van der Waals surface area contributed by atoms with Gasteiger partial charge in [-0.25, -0.2) is 0 Å². The number of para-hydroxylation sites is 1. The fourth-order valence-electron chi connectivity index (χ4n) is 1.08. The van der Waals surface area contributed by atoms with Gasteiger partial charge in [-0.2, -0.15) is 0 Å². The van der Waals surface area contributed by atoms with Gasteiger partial charge in [0.05, 0.1) is 9.40 Å². The molecule has 0 spiro atoms. The second-order valence-corrected chi connectivity index (χ2v) is 9.34. The zero-order valence-electron chi connectivity index (χ0n) is 8.78. The lowest BCUT2D eigenvalue weighted by atomic mass is 10.3. The molecule has 0 fully saturated rings. The molecule has 6 heteroatoms. The second kappa shape index (κ2) is 4.32. The molecular formula is C9H12BrNO3Si. The van der Waals surface area contributed by atoms with Crippen molar-refractivity contribution in [1.29, 1.82) is 0 Å². The Hall–Kier alpha value is -0.883. The Kier molecular flexibility index (Phi) is 3.51. The lowest BCUT2D eigenvalue weighted by Gasteiger charge is -2.19. The van der Waals surface area contributed by atoms with Gasteiger partial charge in [0, 0.05) is 0 Å². The molecule has 0 radical (unpaired) electrons. The maximum absolute atomic E-state index is 10.8. The van der Waals surface area contributed by atoms with Crippen molar-refractivity contribution in [2.75, 3.05) is 0 Å². The quantitative estimate of drug-likeness (QED) is 0.486. The number of nitro groups is 1. The predicted octanol–water partition coefficient (Wildman–Crippen LogP) is 3.57. The van der Waals surface area contributed by atoms with Crippen LogP contribution in [0.3, 0.4) is 0 Å². The van der Waals surface area contributed by atoms with E-state index in [2.05, 4.69) is 15.9 Å². The van der Waals surface area contributed by atoms with E-state index in [1.165, 1.54) is 0 Å². The van der Waals surface area contributed by atoms with Gasteiger partial charge in [-0.05, 0) is 47.7 Å². The van der Waals surface area contributed by atoms with Gasteiger partial charge in [0.2, 0.25) is 8.32 Å². The topological polar surface area (TPSA) is 52.4 Å². The molecule has 1 aromatic rings. The van der Waals surface area contributed by atoms with Gasteiger partial charge in [0.15, 0.2) is 5.75 Å². The third-order valence-corrected chi connectivity index (χ3v) is 3.02. The minimum atomic E-state index is -1.82. The maximum atomic E-state index is 10.8. The molecule has 0 amide bonds. The Labute approximate surface area is 97.7 Å². The number of hydrogen-bond acceptors (Lipinski definition) is 3. The molecule has 0 heterocycles. The lowest BCUT2D eigenvalue weighted by Crippen LogP contribution is -2.29. The molecule has 15 heavy (non-hydrogen) atoms. The van der Waals surface area contributed by atoms with E-state index in [1.54, 1.807) is 18.2 Å². The highest BCUT2D eigenvalue weighted by molar-refractivity contribution is 9.10. The first-order chi connectivity index (χ1) is 6.81. The molecule has 0 unspecified atom stereocenters. The van der Waals surface area contributed by atoms with Gasteiger partial charge < -0.3 is 4.43 Å². The summed E-state index contributed by atoms with van der Waals surface area (Å²) in [5.74, 6) is 0.341. The Morgan fingerprint density at radius 2 is 2.00 bits per heavy atom. The molecule has 0 aromatic heterocycles. The van der Waals surface area contributed by atoms with Crippen molar-refractivity contribution in [2.24, 2.45) is 0 Å². The molecule has 4 nitrogen and oxygen atoms in total. The average Bonchev–Trinajstić information content (AvgIpc) is 1.99.